The van der Waals surface area contributed by atoms with Crippen molar-refractivity contribution >= 4 is 5.69 Å². The molecule has 0 aliphatic carbocycles. The quantitative estimate of drug-likeness (QED) is 0.913. The monoisotopic (exact) mass is 262 g/mol. The molecule has 2 aromatic rings. The van der Waals surface area contributed by atoms with Crippen LogP contribution in [0.5, 0.6) is 0 Å². The minimum absolute atomic E-state index is 0.0960. The topological polar surface area (TPSA) is 35.8 Å². The molecule has 96 valence electrons. The first-order valence-corrected chi connectivity index (χ1v) is 5.47. The summed E-state index contributed by atoms with van der Waals surface area (Å²) in [5.41, 5.74) is 0.196. The Kier molecular flexibility index (Phi) is 3.71. The SMILES string of the molecule is N#CC(Nc1ccccc1F)c1cc(F)cc(F)c1. The van der Waals surface area contributed by atoms with Crippen LogP contribution < -0.4 is 5.32 Å². The van der Waals surface area contributed by atoms with E-state index in [1.807, 2.05) is 6.07 Å². The van der Waals surface area contributed by atoms with Crippen LogP contribution in [0.25, 0.3) is 0 Å². The van der Waals surface area contributed by atoms with Gasteiger partial charge in [-0.05, 0) is 29.8 Å². The van der Waals surface area contributed by atoms with Crippen LogP contribution >= 0.6 is 0 Å². The highest BCUT2D eigenvalue weighted by atomic mass is 19.1. The minimum atomic E-state index is -1.04. The molecule has 0 spiro atoms. The van der Waals surface area contributed by atoms with Crippen LogP contribution in [0, 0.1) is 28.8 Å². The largest absolute Gasteiger partial charge is 0.364 e. The fraction of sp³-hybridized carbons (Fsp3) is 0.0714. The van der Waals surface area contributed by atoms with Gasteiger partial charge in [-0.25, -0.2) is 13.2 Å². The van der Waals surface area contributed by atoms with Crippen molar-refractivity contribution in [3.63, 3.8) is 0 Å². The van der Waals surface area contributed by atoms with E-state index >= 15 is 0 Å². The predicted octanol–water partition coefficient (Wildman–Crippen LogP) is 3.78. The molecule has 0 bridgehead atoms. The first-order valence-electron chi connectivity index (χ1n) is 5.47. The summed E-state index contributed by atoms with van der Waals surface area (Å²) < 4.78 is 39.6. The molecule has 2 nitrogen and oxygen atoms in total. The van der Waals surface area contributed by atoms with E-state index in [2.05, 4.69) is 5.32 Å². The molecule has 2 aromatic carbocycles. The first-order chi connectivity index (χ1) is 9.10. The molecular formula is C14H9F3N2. The Morgan fingerprint density at radius 2 is 1.63 bits per heavy atom. The molecule has 0 radical (unpaired) electrons. The third-order valence-corrected chi connectivity index (χ3v) is 2.52. The molecule has 5 heteroatoms. The molecule has 0 amide bonds. The van der Waals surface area contributed by atoms with Gasteiger partial charge in [-0.1, -0.05) is 12.1 Å². The molecule has 19 heavy (non-hydrogen) atoms. The van der Waals surface area contributed by atoms with Gasteiger partial charge in [0.25, 0.3) is 0 Å². The molecular weight excluding hydrogens is 253 g/mol. The zero-order valence-electron chi connectivity index (χ0n) is 9.70. The van der Waals surface area contributed by atoms with Crippen LogP contribution in [0.2, 0.25) is 0 Å². The third kappa shape index (κ3) is 3.05. The smallest absolute Gasteiger partial charge is 0.146 e. The fourth-order valence-corrected chi connectivity index (χ4v) is 1.67. The highest BCUT2D eigenvalue weighted by Crippen LogP contribution is 2.22. The zero-order valence-corrected chi connectivity index (χ0v) is 9.70. The van der Waals surface area contributed by atoms with Crippen LogP contribution in [0.15, 0.2) is 42.5 Å². The summed E-state index contributed by atoms with van der Waals surface area (Å²) in [5.74, 6) is -2.12. The number of benzene rings is 2. The number of rotatable bonds is 3. The summed E-state index contributed by atoms with van der Waals surface area (Å²) >= 11 is 0. The second-order valence-electron chi connectivity index (χ2n) is 3.89. The summed E-state index contributed by atoms with van der Waals surface area (Å²) in [6.07, 6.45) is 0. The van der Waals surface area contributed by atoms with Gasteiger partial charge in [0.15, 0.2) is 0 Å². The number of anilines is 1. The highest BCUT2D eigenvalue weighted by Gasteiger charge is 2.14. The molecule has 1 N–H and O–H groups in total. The van der Waals surface area contributed by atoms with E-state index in [0.29, 0.717) is 6.07 Å². The van der Waals surface area contributed by atoms with Crippen molar-refractivity contribution in [1.82, 2.24) is 0 Å². The molecule has 1 atom stereocenters. The Morgan fingerprint density at radius 1 is 1.00 bits per heavy atom. The van der Waals surface area contributed by atoms with Gasteiger partial charge in [-0.15, -0.1) is 0 Å². The van der Waals surface area contributed by atoms with Crippen LogP contribution in [-0.2, 0) is 0 Å². The van der Waals surface area contributed by atoms with Gasteiger partial charge >= 0.3 is 0 Å². The van der Waals surface area contributed by atoms with Gasteiger partial charge in [0.05, 0.1) is 11.8 Å². The minimum Gasteiger partial charge on any atom is -0.364 e. The van der Waals surface area contributed by atoms with Crippen molar-refractivity contribution in [2.45, 2.75) is 6.04 Å². The number of nitrogens with zero attached hydrogens (tertiary/aromatic N) is 1. The average Bonchev–Trinajstić information content (AvgIpc) is 2.36. The van der Waals surface area contributed by atoms with Crippen molar-refractivity contribution in [2.24, 2.45) is 0 Å². The molecule has 0 fully saturated rings. The second kappa shape index (κ2) is 5.44. The molecule has 0 heterocycles. The normalized spacial score (nSPS) is 11.7. The molecule has 2 rings (SSSR count). The lowest BCUT2D eigenvalue weighted by Gasteiger charge is -2.14. The van der Waals surface area contributed by atoms with Crippen LogP contribution in [-0.4, -0.2) is 0 Å². The summed E-state index contributed by atoms with van der Waals surface area (Å²) in [4.78, 5) is 0. The standard InChI is InChI=1S/C14H9F3N2/c15-10-5-9(6-11(16)7-10)14(8-18)19-13-4-2-1-3-12(13)17/h1-7,14,19H. The molecule has 0 aliphatic rings. The fourth-order valence-electron chi connectivity index (χ4n) is 1.67. The van der Waals surface area contributed by atoms with E-state index in [1.165, 1.54) is 18.2 Å². The second-order valence-corrected chi connectivity index (χ2v) is 3.89. The van der Waals surface area contributed by atoms with E-state index in [9.17, 15) is 13.2 Å². The van der Waals surface area contributed by atoms with E-state index in [0.717, 1.165) is 12.1 Å². The van der Waals surface area contributed by atoms with Gasteiger partial charge < -0.3 is 5.32 Å². The molecule has 0 aliphatic heterocycles. The number of halogens is 3. The number of para-hydroxylation sites is 1. The molecule has 0 saturated heterocycles. The third-order valence-electron chi connectivity index (χ3n) is 2.52. The van der Waals surface area contributed by atoms with Crippen LogP contribution in [0.4, 0.5) is 18.9 Å². The van der Waals surface area contributed by atoms with E-state index in [-0.39, 0.29) is 11.3 Å². The van der Waals surface area contributed by atoms with E-state index < -0.39 is 23.5 Å². The lowest BCUT2D eigenvalue weighted by Crippen LogP contribution is -2.10. The Bertz CT molecular complexity index is 615. The lowest BCUT2D eigenvalue weighted by atomic mass is 10.1. The lowest BCUT2D eigenvalue weighted by molar-refractivity contribution is 0.579. The van der Waals surface area contributed by atoms with Crippen molar-refractivity contribution in [3.8, 4) is 6.07 Å². The van der Waals surface area contributed by atoms with Gasteiger partial charge in [-0.2, -0.15) is 5.26 Å². The molecule has 0 aromatic heterocycles. The average molecular weight is 262 g/mol. The van der Waals surface area contributed by atoms with Crippen molar-refractivity contribution < 1.29 is 13.2 Å². The van der Waals surface area contributed by atoms with Gasteiger partial charge in [0, 0.05) is 6.07 Å². The maximum atomic E-state index is 13.4. The summed E-state index contributed by atoms with van der Waals surface area (Å²) in [6, 6.07) is 9.33. The number of hydrogen-bond acceptors (Lipinski definition) is 2. The van der Waals surface area contributed by atoms with Crippen molar-refractivity contribution in [3.05, 3.63) is 65.5 Å². The molecule has 1 unspecified atom stereocenters. The Balaban J connectivity index is 2.31. The Morgan fingerprint density at radius 3 is 2.21 bits per heavy atom. The number of hydrogen-bond donors (Lipinski definition) is 1. The predicted molar refractivity (Wildman–Crippen MR) is 64.7 cm³/mol. The van der Waals surface area contributed by atoms with Crippen molar-refractivity contribution in [1.29, 1.82) is 5.26 Å². The van der Waals surface area contributed by atoms with E-state index in [4.69, 9.17) is 5.26 Å². The maximum absolute atomic E-state index is 13.4. The van der Waals surface area contributed by atoms with Crippen molar-refractivity contribution in [2.75, 3.05) is 5.32 Å². The zero-order chi connectivity index (χ0) is 13.8. The summed E-state index contributed by atoms with van der Waals surface area (Å²) in [7, 11) is 0. The highest BCUT2D eigenvalue weighted by molar-refractivity contribution is 5.48. The van der Waals surface area contributed by atoms with Gasteiger partial charge in [-0.3, -0.25) is 0 Å². The number of nitrogens with one attached hydrogen (secondary N) is 1. The summed E-state index contributed by atoms with van der Waals surface area (Å²) in [6.45, 7) is 0. The summed E-state index contributed by atoms with van der Waals surface area (Å²) in [5, 5.41) is 11.6. The Hall–Kier alpha value is -2.48. The maximum Gasteiger partial charge on any atom is 0.146 e. The van der Waals surface area contributed by atoms with Crippen LogP contribution in [0.3, 0.4) is 0 Å². The Labute approximate surface area is 108 Å². The van der Waals surface area contributed by atoms with Gasteiger partial charge in [0.1, 0.15) is 23.5 Å². The van der Waals surface area contributed by atoms with Gasteiger partial charge in [0.2, 0.25) is 0 Å². The first kappa shape index (κ1) is 13.0. The van der Waals surface area contributed by atoms with Crippen LogP contribution in [0.1, 0.15) is 11.6 Å². The molecule has 0 saturated carbocycles. The van der Waals surface area contributed by atoms with E-state index in [1.54, 1.807) is 6.07 Å². The number of nitriles is 1.